The van der Waals surface area contributed by atoms with Gasteiger partial charge >= 0.3 is 0 Å². The first kappa shape index (κ1) is 21.1. The predicted octanol–water partition coefficient (Wildman–Crippen LogP) is 3.05. The molecular weight excluding hydrogens is 392 g/mol. The maximum atomic E-state index is 13.0. The molecule has 2 aromatic rings. The molecule has 156 valence electrons. The number of hydrogen-bond donors (Lipinski definition) is 1. The molecule has 1 aliphatic heterocycles. The molecule has 0 bridgehead atoms. The molecule has 0 aromatic heterocycles. The Morgan fingerprint density at radius 2 is 1.72 bits per heavy atom. The minimum atomic E-state index is -3.67. The van der Waals surface area contributed by atoms with Crippen molar-refractivity contribution < 1.29 is 22.7 Å². The molecule has 0 radical (unpaired) electrons. The molecule has 0 atom stereocenters. The zero-order chi connectivity index (χ0) is 21.0. The van der Waals surface area contributed by atoms with Gasteiger partial charge in [0.05, 0.1) is 19.1 Å². The molecule has 1 heterocycles. The van der Waals surface area contributed by atoms with Crippen molar-refractivity contribution >= 4 is 21.6 Å². The quantitative estimate of drug-likeness (QED) is 0.779. The topological polar surface area (TPSA) is 84.9 Å². The molecule has 3 rings (SSSR count). The highest BCUT2D eigenvalue weighted by molar-refractivity contribution is 7.89. The summed E-state index contributed by atoms with van der Waals surface area (Å²) in [6.07, 6.45) is 0.953. The van der Waals surface area contributed by atoms with E-state index in [1.165, 1.54) is 30.7 Å². The zero-order valence-electron chi connectivity index (χ0n) is 16.8. The Labute approximate surface area is 171 Å². The summed E-state index contributed by atoms with van der Waals surface area (Å²) in [6.45, 7) is 2.55. The Morgan fingerprint density at radius 1 is 1.03 bits per heavy atom. The fraction of sp³-hybridized carbons (Fsp3) is 0.381. The smallest absolute Gasteiger partial charge is 0.243 e. The van der Waals surface area contributed by atoms with Crippen LogP contribution in [0.25, 0.3) is 0 Å². The predicted molar refractivity (Wildman–Crippen MR) is 111 cm³/mol. The number of nitrogens with one attached hydrogen (secondary N) is 1. The van der Waals surface area contributed by atoms with E-state index in [2.05, 4.69) is 5.32 Å². The van der Waals surface area contributed by atoms with Crippen LogP contribution in [-0.2, 0) is 14.8 Å². The number of sulfonamides is 1. The fourth-order valence-electron chi connectivity index (χ4n) is 3.45. The van der Waals surface area contributed by atoms with Crippen LogP contribution >= 0.6 is 0 Å². The van der Waals surface area contributed by atoms with E-state index in [9.17, 15) is 13.2 Å². The van der Waals surface area contributed by atoms with Crippen molar-refractivity contribution in [3.63, 3.8) is 0 Å². The standard InChI is InChI=1S/C21H26N2O5S/c1-15-5-4-6-17(13-15)22-21(24)16-9-11-23(12-10-16)29(25,26)18-7-8-19(27-2)20(14-18)28-3/h4-8,13-14,16H,9-12H2,1-3H3,(H,22,24). The van der Waals surface area contributed by atoms with Gasteiger partial charge in [0.15, 0.2) is 11.5 Å². The van der Waals surface area contributed by atoms with Crippen LogP contribution in [0.2, 0.25) is 0 Å². The number of hydrogen-bond acceptors (Lipinski definition) is 5. The molecule has 0 unspecified atom stereocenters. The van der Waals surface area contributed by atoms with Crippen LogP contribution in [0.3, 0.4) is 0 Å². The molecule has 1 fully saturated rings. The zero-order valence-corrected chi connectivity index (χ0v) is 17.7. The number of nitrogens with zero attached hydrogens (tertiary/aromatic N) is 1. The van der Waals surface area contributed by atoms with Crippen molar-refractivity contribution in [1.82, 2.24) is 4.31 Å². The number of benzene rings is 2. The molecular formula is C21H26N2O5S. The van der Waals surface area contributed by atoms with E-state index in [1.807, 2.05) is 31.2 Å². The van der Waals surface area contributed by atoms with Gasteiger partial charge in [-0.25, -0.2) is 8.42 Å². The average molecular weight is 419 g/mol. The Morgan fingerprint density at radius 3 is 2.34 bits per heavy atom. The molecule has 8 heteroatoms. The van der Waals surface area contributed by atoms with E-state index in [1.54, 1.807) is 6.07 Å². The molecule has 7 nitrogen and oxygen atoms in total. The number of aryl methyl sites for hydroxylation is 1. The van der Waals surface area contributed by atoms with Gasteiger partial charge < -0.3 is 14.8 Å². The van der Waals surface area contributed by atoms with Crippen LogP contribution in [0.4, 0.5) is 5.69 Å². The summed E-state index contributed by atoms with van der Waals surface area (Å²) in [5.41, 5.74) is 1.83. The number of anilines is 1. The summed E-state index contributed by atoms with van der Waals surface area (Å²) in [5, 5.41) is 2.93. The molecule has 1 amide bonds. The Balaban J connectivity index is 1.65. The van der Waals surface area contributed by atoms with E-state index >= 15 is 0 Å². The molecule has 0 spiro atoms. The van der Waals surface area contributed by atoms with Gasteiger partial charge in [-0.15, -0.1) is 0 Å². The van der Waals surface area contributed by atoms with Crippen molar-refractivity contribution in [2.24, 2.45) is 5.92 Å². The summed E-state index contributed by atoms with van der Waals surface area (Å²) in [6, 6.07) is 12.2. The third-order valence-corrected chi connectivity index (χ3v) is 7.00. The van der Waals surface area contributed by atoms with Crippen LogP contribution in [0.15, 0.2) is 47.4 Å². The number of amides is 1. The second-order valence-electron chi connectivity index (χ2n) is 7.05. The van der Waals surface area contributed by atoms with E-state index in [0.29, 0.717) is 37.4 Å². The Bertz CT molecular complexity index is 982. The highest BCUT2D eigenvalue weighted by atomic mass is 32.2. The van der Waals surface area contributed by atoms with Crippen molar-refractivity contribution in [3.05, 3.63) is 48.0 Å². The van der Waals surface area contributed by atoms with Gasteiger partial charge in [0.2, 0.25) is 15.9 Å². The second-order valence-corrected chi connectivity index (χ2v) is 8.99. The largest absolute Gasteiger partial charge is 0.493 e. The van der Waals surface area contributed by atoms with Crippen molar-refractivity contribution in [2.45, 2.75) is 24.7 Å². The number of piperidine rings is 1. The lowest BCUT2D eigenvalue weighted by Crippen LogP contribution is -2.41. The summed E-state index contributed by atoms with van der Waals surface area (Å²) >= 11 is 0. The molecule has 2 aromatic carbocycles. The number of carbonyl (C=O) groups is 1. The van der Waals surface area contributed by atoms with Crippen LogP contribution in [0.1, 0.15) is 18.4 Å². The Kier molecular flexibility index (Phi) is 6.44. The number of ether oxygens (including phenoxy) is 2. The van der Waals surface area contributed by atoms with E-state index < -0.39 is 10.0 Å². The van der Waals surface area contributed by atoms with Gasteiger partial charge in [-0.2, -0.15) is 4.31 Å². The molecule has 0 aliphatic carbocycles. The van der Waals surface area contributed by atoms with Gasteiger partial charge in [0.1, 0.15) is 0 Å². The Hall–Kier alpha value is -2.58. The average Bonchev–Trinajstić information content (AvgIpc) is 2.73. The second kappa shape index (κ2) is 8.84. The highest BCUT2D eigenvalue weighted by Gasteiger charge is 2.32. The maximum Gasteiger partial charge on any atom is 0.243 e. The number of methoxy groups -OCH3 is 2. The minimum Gasteiger partial charge on any atom is -0.493 e. The van der Waals surface area contributed by atoms with Gasteiger partial charge in [-0.3, -0.25) is 4.79 Å². The minimum absolute atomic E-state index is 0.0706. The van der Waals surface area contributed by atoms with Crippen molar-refractivity contribution in [3.8, 4) is 11.5 Å². The lowest BCUT2D eigenvalue weighted by atomic mass is 9.97. The normalized spacial score (nSPS) is 15.7. The van der Waals surface area contributed by atoms with E-state index in [-0.39, 0.29) is 16.7 Å². The van der Waals surface area contributed by atoms with Crippen molar-refractivity contribution in [2.75, 3.05) is 32.6 Å². The monoisotopic (exact) mass is 418 g/mol. The third kappa shape index (κ3) is 4.71. The summed E-state index contributed by atoms with van der Waals surface area (Å²) < 4.78 is 37.8. The molecule has 1 aliphatic rings. The highest BCUT2D eigenvalue weighted by Crippen LogP contribution is 2.32. The first-order chi connectivity index (χ1) is 13.8. The fourth-order valence-corrected chi connectivity index (χ4v) is 4.94. The van der Waals surface area contributed by atoms with Gasteiger partial charge in [-0.1, -0.05) is 12.1 Å². The third-order valence-electron chi connectivity index (χ3n) is 5.10. The lowest BCUT2D eigenvalue weighted by molar-refractivity contribution is -0.120. The molecule has 29 heavy (non-hydrogen) atoms. The molecule has 1 saturated heterocycles. The van der Waals surface area contributed by atoms with Gasteiger partial charge in [0.25, 0.3) is 0 Å². The number of rotatable bonds is 6. The van der Waals surface area contributed by atoms with Crippen LogP contribution in [0.5, 0.6) is 11.5 Å². The first-order valence-electron chi connectivity index (χ1n) is 9.45. The van der Waals surface area contributed by atoms with E-state index in [0.717, 1.165) is 11.3 Å². The number of carbonyl (C=O) groups excluding carboxylic acids is 1. The molecule has 1 N–H and O–H groups in total. The summed E-state index contributed by atoms with van der Waals surface area (Å²) in [7, 11) is -0.704. The van der Waals surface area contributed by atoms with E-state index in [4.69, 9.17) is 9.47 Å². The first-order valence-corrected chi connectivity index (χ1v) is 10.9. The lowest BCUT2D eigenvalue weighted by Gasteiger charge is -2.30. The van der Waals surface area contributed by atoms with Crippen molar-refractivity contribution in [1.29, 1.82) is 0 Å². The van der Waals surface area contributed by atoms with Crippen LogP contribution in [0, 0.1) is 12.8 Å². The van der Waals surface area contributed by atoms with Crippen LogP contribution < -0.4 is 14.8 Å². The summed E-state index contributed by atoms with van der Waals surface area (Å²) in [4.78, 5) is 12.7. The van der Waals surface area contributed by atoms with Crippen LogP contribution in [-0.4, -0.2) is 45.9 Å². The van der Waals surface area contributed by atoms with Gasteiger partial charge in [0, 0.05) is 30.8 Å². The molecule has 0 saturated carbocycles. The van der Waals surface area contributed by atoms with Gasteiger partial charge in [-0.05, 0) is 49.6 Å². The maximum absolute atomic E-state index is 13.0. The SMILES string of the molecule is COc1ccc(S(=O)(=O)N2CCC(C(=O)Nc3cccc(C)c3)CC2)cc1OC. The summed E-state index contributed by atoms with van der Waals surface area (Å²) in [5.74, 6) is 0.546.